The highest BCUT2D eigenvalue weighted by molar-refractivity contribution is 6.04. The number of piperidine rings is 1. The standard InChI is InChI=1S/C24H23N7O/c25-22-20-21(15-6-8-17(9-7-15)29-24(32)16-4-2-1-3-5-16)30-31(23(20)28-13-27-22)19-11-14-10-18(19)26-12-14/h1-9,13-14,18-19,26H,10-12H2,(H,29,32)(H2,25,27,28). The van der Waals surface area contributed by atoms with Crippen molar-refractivity contribution in [3.05, 3.63) is 66.5 Å². The predicted molar refractivity (Wildman–Crippen MR) is 123 cm³/mol. The van der Waals surface area contributed by atoms with E-state index in [1.54, 1.807) is 12.1 Å². The maximum absolute atomic E-state index is 12.4. The molecule has 1 amide bonds. The van der Waals surface area contributed by atoms with Crippen molar-refractivity contribution in [1.82, 2.24) is 25.1 Å². The van der Waals surface area contributed by atoms with Gasteiger partial charge in [-0.05, 0) is 49.6 Å². The zero-order valence-electron chi connectivity index (χ0n) is 17.4. The molecule has 2 aromatic carbocycles. The quantitative estimate of drug-likeness (QED) is 0.463. The average Bonchev–Trinajstić information content (AvgIpc) is 3.55. The van der Waals surface area contributed by atoms with Gasteiger partial charge in [0.1, 0.15) is 17.8 Å². The molecule has 0 spiro atoms. The van der Waals surface area contributed by atoms with Crippen LogP contribution >= 0.6 is 0 Å². The first-order chi connectivity index (χ1) is 15.7. The highest BCUT2D eigenvalue weighted by atomic mass is 16.1. The van der Waals surface area contributed by atoms with Gasteiger partial charge in [-0.2, -0.15) is 5.10 Å². The first kappa shape index (κ1) is 18.9. The molecule has 3 heterocycles. The summed E-state index contributed by atoms with van der Waals surface area (Å²) in [5.41, 5.74) is 10.0. The number of fused-ring (bicyclic) bond motifs is 3. The number of nitrogen functional groups attached to an aromatic ring is 1. The summed E-state index contributed by atoms with van der Waals surface area (Å²) in [6.07, 6.45) is 3.78. The van der Waals surface area contributed by atoms with E-state index in [0.717, 1.165) is 35.3 Å². The number of anilines is 2. The van der Waals surface area contributed by atoms with Crippen LogP contribution in [-0.2, 0) is 0 Å². The van der Waals surface area contributed by atoms with Crippen molar-refractivity contribution in [2.45, 2.75) is 24.9 Å². The average molecular weight is 425 g/mol. The summed E-state index contributed by atoms with van der Waals surface area (Å²) in [5.74, 6) is 0.975. The third-order valence-corrected chi connectivity index (χ3v) is 6.58. The minimum absolute atomic E-state index is 0.144. The van der Waals surface area contributed by atoms with E-state index in [2.05, 4.69) is 20.6 Å². The minimum Gasteiger partial charge on any atom is -0.383 e. The van der Waals surface area contributed by atoms with Gasteiger partial charge in [-0.3, -0.25) is 4.79 Å². The van der Waals surface area contributed by atoms with Crippen molar-refractivity contribution >= 4 is 28.4 Å². The van der Waals surface area contributed by atoms with E-state index in [4.69, 9.17) is 10.8 Å². The van der Waals surface area contributed by atoms with E-state index >= 15 is 0 Å². The molecule has 0 radical (unpaired) electrons. The molecule has 32 heavy (non-hydrogen) atoms. The Hall–Kier alpha value is -3.78. The molecule has 4 aromatic rings. The normalized spacial score (nSPS) is 21.8. The molecule has 6 rings (SSSR count). The Bertz CT molecular complexity index is 1300. The fourth-order valence-electron chi connectivity index (χ4n) is 5.03. The van der Waals surface area contributed by atoms with E-state index in [1.807, 2.05) is 47.1 Å². The van der Waals surface area contributed by atoms with E-state index < -0.39 is 0 Å². The van der Waals surface area contributed by atoms with Crippen LogP contribution in [0.1, 0.15) is 29.2 Å². The number of nitrogens with zero attached hydrogens (tertiary/aromatic N) is 4. The number of nitrogens with two attached hydrogens (primary N) is 1. The van der Waals surface area contributed by atoms with Gasteiger partial charge in [0, 0.05) is 22.9 Å². The molecule has 4 N–H and O–H groups in total. The molecule has 2 aromatic heterocycles. The van der Waals surface area contributed by atoms with Crippen LogP contribution in [0.2, 0.25) is 0 Å². The number of rotatable bonds is 4. The van der Waals surface area contributed by atoms with E-state index in [1.165, 1.54) is 12.7 Å². The van der Waals surface area contributed by atoms with Crippen LogP contribution in [-0.4, -0.2) is 38.2 Å². The van der Waals surface area contributed by atoms with Crippen molar-refractivity contribution < 1.29 is 4.79 Å². The highest BCUT2D eigenvalue weighted by Gasteiger charge is 2.42. The van der Waals surface area contributed by atoms with E-state index in [-0.39, 0.29) is 11.9 Å². The largest absolute Gasteiger partial charge is 0.383 e. The number of carbonyl (C=O) groups is 1. The Balaban J connectivity index is 1.34. The second-order valence-electron chi connectivity index (χ2n) is 8.57. The van der Waals surface area contributed by atoms with Crippen LogP contribution in [0.3, 0.4) is 0 Å². The number of hydrogen-bond donors (Lipinski definition) is 3. The van der Waals surface area contributed by atoms with Crippen LogP contribution in [0.15, 0.2) is 60.9 Å². The molecular weight excluding hydrogens is 402 g/mol. The molecule has 1 aliphatic heterocycles. The van der Waals surface area contributed by atoms with Gasteiger partial charge in [-0.15, -0.1) is 0 Å². The van der Waals surface area contributed by atoms with Crippen molar-refractivity contribution in [1.29, 1.82) is 0 Å². The first-order valence-electron chi connectivity index (χ1n) is 10.9. The second-order valence-corrected chi connectivity index (χ2v) is 8.57. The molecule has 1 aliphatic carbocycles. The number of nitrogens with one attached hydrogen (secondary N) is 2. The Kier molecular flexibility index (Phi) is 4.39. The maximum Gasteiger partial charge on any atom is 0.255 e. The molecule has 8 heteroatoms. The minimum atomic E-state index is -0.144. The van der Waals surface area contributed by atoms with Crippen molar-refractivity contribution in [3.8, 4) is 11.3 Å². The summed E-state index contributed by atoms with van der Waals surface area (Å²) in [5, 5.41) is 12.3. The van der Waals surface area contributed by atoms with Gasteiger partial charge in [-0.1, -0.05) is 30.3 Å². The summed E-state index contributed by atoms with van der Waals surface area (Å²) in [6, 6.07) is 17.5. The van der Waals surface area contributed by atoms with Gasteiger partial charge in [0.2, 0.25) is 0 Å². The molecule has 3 atom stereocenters. The smallest absolute Gasteiger partial charge is 0.255 e. The molecule has 1 saturated carbocycles. The lowest BCUT2D eigenvalue weighted by Crippen LogP contribution is -2.35. The molecule has 2 aliphatic rings. The van der Waals surface area contributed by atoms with Gasteiger partial charge in [0.05, 0.1) is 11.4 Å². The summed E-state index contributed by atoms with van der Waals surface area (Å²) in [7, 11) is 0. The topological polar surface area (TPSA) is 111 Å². The van der Waals surface area contributed by atoms with Crippen LogP contribution in [0.4, 0.5) is 11.5 Å². The number of aromatic nitrogens is 4. The zero-order valence-corrected chi connectivity index (χ0v) is 17.4. The predicted octanol–water partition coefficient (Wildman–Crippen LogP) is 3.25. The third-order valence-electron chi connectivity index (χ3n) is 6.58. The lowest BCUT2D eigenvalue weighted by molar-refractivity contribution is 0.102. The van der Waals surface area contributed by atoms with Crippen molar-refractivity contribution in [2.24, 2.45) is 5.92 Å². The monoisotopic (exact) mass is 425 g/mol. The summed E-state index contributed by atoms with van der Waals surface area (Å²) in [4.78, 5) is 21.2. The van der Waals surface area contributed by atoms with E-state index in [9.17, 15) is 4.79 Å². The Morgan fingerprint density at radius 1 is 1.06 bits per heavy atom. The Morgan fingerprint density at radius 2 is 1.88 bits per heavy atom. The second kappa shape index (κ2) is 7.42. The molecule has 3 unspecified atom stereocenters. The van der Waals surface area contributed by atoms with Crippen LogP contribution in [0.5, 0.6) is 0 Å². The molecule has 2 bridgehead atoms. The SMILES string of the molecule is Nc1ncnc2c1c(-c1ccc(NC(=O)c3ccccc3)cc1)nn2C1CC2CNC1C2. The number of benzene rings is 2. The van der Waals surface area contributed by atoms with Gasteiger partial charge in [0.15, 0.2) is 5.65 Å². The van der Waals surface area contributed by atoms with E-state index in [0.29, 0.717) is 29.0 Å². The Labute approximate surface area is 184 Å². The third kappa shape index (κ3) is 3.11. The number of carbonyl (C=O) groups excluding carboxylic acids is 1. The van der Waals surface area contributed by atoms with Crippen molar-refractivity contribution in [3.63, 3.8) is 0 Å². The summed E-state index contributed by atoms with van der Waals surface area (Å²) >= 11 is 0. The van der Waals surface area contributed by atoms with Crippen LogP contribution < -0.4 is 16.4 Å². The fraction of sp³-hybridized carbons (Fsp3) is 0.250. The first-order valence-corrected chi connectivity index (χ1v) is 10.9. The lowest BCUT2D eigenvalue weighted by Gasteiger charge is -2.23. The maximum atomic E-state index is 12.4. The zero-order chi connectivity index (χ0) is 21.7. The number of hydrogen-bond acceptors (Lipinski definition) is 6. The molecule has 160 valence electrons. The molecule has 1 saturated heterocycles. The number of amides is 1. The summed E-state index contributed by atoms with van der Waals surface area (Å²) < 4.78 is 2.03. The van der Waals surface area contributed by atoms with Crippen LogP contribution in [0.25, 0.3) is 22.3 Å². The molecular formula is C24H23N7O. The fourth-order valence-corrected chi connectivity index (χ4v) is 5.03. The van der Waals surface area contributed by atoms with Crippen LogP contribution in [0, 0.1) is 5.92 Å². The van der Waals surface area contributed by atoms with Gasteiger partial charge in [-0.25, -0.2) is 14.6 Å². The van der Waals surface area contributed by atoms with Gasteiger partial charge in [0.25, 0.3) is 5.91 Å². The lowest BCUT2D eigenvalue weighted by atomic mass is 10.1. The molecule has 2 fully saturated rings. The Morgan fingerprint density at radius 3 is 2.59 bits per heavy atom. The van der Waals surface area contributed by atoms with Gasteiger partial charge >= 0.3 is 0 Å². The van der Waals surface area contributed by atoms with Crippen molar-refractivity contribution in [2.75, 3.05) is 17.6 Å². The highest BCUT2D eigenvalue weighted by Crippen LogP contribution is 2.42. The van der Waals surface area contributed by atoms with Gasteiger partial charge < -0.3 is 16.4 Å². The molecule has 8 nitrogen and oxygen atoms in total. The summed E-state index contributed by atoms with van der Waals surface area (Å²) in [6.45, 7) is 1.08.